The highest BCUT2D eigenvalue weighted by Crippen LogP contribution is 2.08. The minimum Gasteiger partial charge on any atom is -0.345 e. The molecule has 0 amide bonds. The predicted molar refractivity (Wildman–Crippen MR) is 60.1 cm³/mol. The summed E-state index contributed by atoms with van der Waals surface area (Å²) in [6.45, 7) is 4.09. The van der Waals surface area contributed by atoms with Crippen molar-refractivity contribution in [1.29, 1.82) is 0 Å². The number of aryl methyl sites for hydroxylation is 2. The number of guanidine groups is 2. The van der Waals surface area contributed by atoms with Crippen molar-refractivity contribution in [3.8, 4) is 0 Å². The summed E-state index contributed by atoms with van der Waals surface area (Å²) in [4.78, 5) is 5.52. The topological polar surface area (TPSA) is 106 Å². The molecule has 0 aromatic heterocycles. The van der Waals surface area contributed by atoms with Gasteiger partial charge in [-0.05, 0) is 37.1 Å². The molecule has 1 rings (SSSR count). The normalized spacial score (nSPS) is 11.2. The summed E-state index contributed by atoms with van der Waals surface area (Å²) >= 11 is 0. The maximum atomic E-state index is 5.61. The Labute approximate surface area is 88.7 Å². The van der Waals surface area contributed by atoms with E-state index in [1.807, 2.05) is 25.1 Å². The summed E-state index contributed by atoms with van der Waals surface area (Å²) in [5.74, 6) is 0.363. The molecule has 0 heterocycles. The molecular formula is C10H17N5+2. The fourth-order valence-electron chi connectivity index (χ4n) is 1.16. The van der Waals surface area contributed by atoms with Crippen LogP contribution in [0.15, 0.2) is 18.2 Å². The Kier molecular flexibility index (Phi) is 3.28. The molecule has 0 saturated heterocycles. The number of nitrogens with two attached hydrogens (primary N) is 3. The SMILES string of the molecule is Cc1ccc([NH+]=C(N)[NH+]=C(N)N)cc1C. The molecular weight excluding hydrogens is 190 g/mol. The lowest BCUT2D eigenvalue weighted by Crippen LogP contribution is -2.96. The Balaban J connectivity index is 2.99. The van der Waals surface area contributed by atoms with Crippen molar-refractivity contribution >= 4 is 17.6 Å². The van der Waals surface area contributed by atoms with Gasteiger partial charge in [0.15, 0.2) is 5.69 Å². The van der Waals surface area contributed by atoms with Crippen molar-refractivity contribution in [1.82, 2.24) is 0 Å². The highest BCUT2D eigenvalue weighted by Gasteiger charge is 2.05. The highest BCUT2D eigenvalue weighted by atomic mass is 15.1. The average Bonchev–Trinajstić information content (AvgIpc) is 2.10. The van der Waals surface area contributed by atoms with Crippen LogP contribution in [0.3, 0.4) is 0 Å². The van der Waals surface area contributed by atoms with Crippen molar-refractivity contribution in [2.24, 2.45) is 17.2 Å². The molecule has 0 saturated carbocycles. The van der Waals surface area contributed by atoms with Crippen LogP contribution < -0.4 is 27.2 Å². The molecule has 0 bridgehead atoms. The number of hydrogen-bond donors (Lipinski definition) is 5. The third kappa shape index (κ3) is 3.30. The predicted octanol–water partition coefficient (Wildman–Crippen LogP) is -3.32. The van der Waals surface area contributed by atoms with Crippen LogP contribution in [0.5, 0.6) is 0 Å². The van der Waals surface area contributed by atoms with Gasteiger partial charge < -0.3 is 11.5 Å². The van der Waals surface area contributed by atoms with Crippen molar-refractivity contribution in [2.45, 2.75) is 13.8 Å². The van der Waals surface area contributed by atoms with Crippen molar-refractivity contribution in [3.63, 3.8) is 0 Å². The summed E-state index contributed by atoms with van der Waals surface area (Å²) < 4.78 is 0. The van der Waals surface area contributed by atoms with E-state index in [4.69, 9.17) is 17.2 Å². The van der Waals surface area contributed by atoms with Crippen LogP contribution in [0.2, 0.25) is 0 Å². The molecule has 0 spiro atoms. The molecule has 5 nitrogen and oxygen atoms in total. The third-order valence-electron chi connectivity index (χ3n) is 2.06. The summed E-state index contributed by atoms with van der Waals surface area (Å²) in [6, 6.07) is 5.95. The minimum absolute atomic E-state index is 0.0591. The monoisotopic (exact) mass is 207 g/mol. The van der Waals surface area contributed by atoms with Gasteiger partial charge in [0.25, 0.3) is 5.96 Å². The van der Waals surface area contributed by atoms with Gasteiger partial charge in [0.2, 0.25) is 0 Å². The minimum atomic E-state index is 0.0591. The summed E-state index contributed by atoms with van der Waals surface area (Å²) in [7, 11) is 0. The van der Waals surface area contributed by atoms with E-state index in [1.54, 1.807) is 0 Å². The number of benzene rings is 1. The first-order valence-electron chi connectivity index (χ1n) is 4.60. The first-order valence-corrected chi connectivity index (χ1v) is 4.60. The maximum absolute atomic E-state index is 5.61. The van der Waals surface area contributed by atoms with Gasteiger partial charge in [-0.1, -0.05) is 6.07 Å². The van der Waals surface area contributed by atoms with E-state index in [0.29, 0.717) is 5.96 Å². The van der Waals surface area contributed by atoms with E-state index in [1.165, 1.54) is 11.1 Å². The first kappa shape index (κ1) is 11.0. The van der Waals surface area contributed by atoms with Crippen molar-refractivity contribution in [2.75, 3.05) is 0 Å². The molecule has 8 N–H and O–H groups in total. The lowest BCUT2D eigenvalue weighted by molar-refractivity contribution is -0.459. The maximum Gasteiger partial charge on any atom is 0.522 e. The Hall–Kier alpha value is -2.04. The van der Waals surface area contributed by atoms with Crippen LogP contribution in [0.1, 0.15) is 11.1 Å². The molecule has 80 valence electrons. The van der Waals surface area contributed by atoms with Crippen molar-refractivity contribution < 1.29 is 9.98 Å². The van der Waals surface area contributed by atoms with Gasteiger partial charge in [-0.3, -0.25) is 0 Å². The molecule has 0 fully saturated rings. The van der Waals surface area contributed by atoms with E-state index in [-0.39, 0.29) is 5.96 Å². The van der Waals surface area contributed by atoms with Gasteiger partial charge in [-0.2, -0.15) is 4.99 Å². The smallest absolute Gasteiger partial charge is 0.345 e. The van der Waals surface area contributed by atoms with E-state index in [0.717, 1.165) is 5.69 Å². The molecule has 0 aliphatic carbocycles. The number of hydrogen-bond acceptors (Lipinski definition) is 0. The van der Waals surface area contributed by atoms with Crippen LogP contribution >= 0.6 is 0 Å². The van der Waals surface area contributed by atoms with E-state index >= 15 is 0 Å². The Bertz CT molecular complexity index is 416. The zero-order valence-corrected chi connectivity index (χ0v) is 8.96. The first-order chi connectivity index (χ1) is 6.99. The summed E-state index contributed by atoms with van der Waals surface area (Å²) in [5.41, 5.74) is 19.4. The Morgan fingerprint density at radius 1 is 1.07 bits per heavy atom. The van der Waals surface area contributed by atoms with Crippen LogP contribution in [0.25, 0.3) is 0 Å². The van der Waals surface area contributed by atoms with Crippen LogP contribution in [0, 0.1) is 13.8 Å². The number of nitrogens with one attached hydrogen (secondary N) is 2. The molecule has 15 heavy (non-hydrogen) atoms. The molecule has 1 aromatic rings. The van der Waals surface area contributed by atoms with Crippen molar-refractivity contribution in [3.05, 3.63) is 29.3 Å². The Morgan fingerprint density at radius 2 is 1.73 bits per heavy atom. The molecule has 0 aliphatic heterocycles. The average molecular weight is 207 g/mol. The van der Waals surface area contributed by atoms with Gasteiger partial charge >= 0.3 is 5.96 Å². The molecule has 0 atom stereocenters. The molecule has 0 aliphatic rings. The quantitative estimate of drug-likeness (QED) is 0.246. The zero-order chi connectivity index (χ0) is 11.4. The zero-order valence-electron chi connectivity index (χ0n) is 8.96. The molecule has 1 aromatic carbocycles. The second-order valence-electron chi connectivity index (χ2n) is 3.42. The van der Waals surface area contributed by atoms with Crippen LogP contribution in [-0.2, 0) is 0 Å². The summed E-state index contributed by atoms with van der Waals surface area (Å²) in [5, 5.41) is 0. The largest absolute Gasteiger partial charge is 0.522 e. The Morgan fingerprint density at radius 3 is 2.27 bits per heavy atom. The van der Waals surface area contributed by atoms with E-state index < -0.39 is 0 Å². The lowest BCUT2D eigenvalue weighted by atomic mass is 10.1. The standard InChI is InChI=1S/C10H15N5/c1-6-3-4-8(5-7(6)2)14-10(13)15-9(11)12/h3-5H,1-2H3,(H6,11,12,13,14,15)/p+2. The highest BCUT2D eigenvalue weighted by molar-refractivity contribution is 5.75. The van der Waals surface area contributed by atoms with Crippen LogP contribution in [0.4, 0.5) is 5.69 Å². The van der Waals surface area contributed by atoms with Gasteiger partial charge in [-0.25, -0.2) is 5.73 Å². The van der Waals surface area contributed by atoms with Gasteiger partial charge in [0.05, 0.1) is 0 Å². The van der Waals surface area contributed by atoms with Gasteiger partial charge in [0, 0.05) is 0 Å². The third-order valence-corrected chi connectivity index (χ3v) is 2.06. The summed E-state index contributed by atoms with van der Waals surface area (Å²) in [6.07, 6.45) is 0. The lowest BCUT2D eigenvalue weighted by Gasteiger charge is -1.97. The van der Waals surface area contributed by atoms with Gasteiger partial charge in [0.1, 0.15) is 0 Å². The number of rotatable bonds is 1. The second kappa shape index (κ2) is 4.45. The van der Waals surface area contributed by atoms with E-state index in [2.05, 4.69) is 16.9 Å². The molecule has 0 unspecified atom stereocenters. The van der Waals surface area contributed by atoms with Gasteiger partial charge in [-0.15, -0.1) is 4.99 Å². The molecule has 5 heteroatoms. The molecule has 0 radical (unpaired) electrons. The van der Waals surface area contributed by atoms with E-state index in [9.17, 15) is 0 Å². The van der Waals surface area contributed by atoms with Crippen LogP contribution in [-0.4, -0.2) is 11.9 Å². The fraction of sp³-hybridized carbons (Fsp3) is 0.200. The fourth-order valence-corrected chi connectivity index (χ4v) is 1.16. The second-order valence-corrected chi connectivity index (χ2v) is 3.42.